The number of nitrogens with one attached hydrogen (secondary N) is 2. The molecule has 4 aromatic rings. The van der Waals surface area contributed by atoms with Gasteiger partial charge in [0.25, 0.3) is 0 Å². The maximum absolute atomic E-state index is 5.01. The number of nitrogens with zero attached hydrogens (tertiary/aromatic N) is 4. The molecule has 2 aromatic carbocycles. The highest BCUT2D eigenvalue weighted by Crippen LogP contribution is 2.35. The minimum Gasteiger partial charge on any atom is -0.384 e. The molecule has 0 unspecified atom stereocenters. The van der Waals surface area contributed by atoms with E-state index >= 15 is 0 Å². The third-order valence-corrected chi connectivity index (χ3v) is 8.34. The molecule has 2 fully saturated rings. The first-order valence-electron chi connectivity index (χ1n) is 14.7. The molecule has 2 saturated heterocycles. The van der Waals surface area contributed by atoms with Crippen LogP contribution in [0.3, 0.4) is 0 Å². The topological polar surface area (TPSA) is 56.3 Å². The minimum absolute atomic E-state index is 0. The Labute approximate surface area is 239 Å². The lowest BCUT2D eigenvalue weighted by Gasteiger charge is -2.17. The van der Waals surface area contributed by atoms with Crippen LogP contribution in [0.15, 0.2) is 36.4 Å². The van der Waals surface area contributed by atoms with Crippen LogP contribution in [0, 0.1) is 13.8 Å². The highest BCUT2D eigenvalue weighted by molar-refractivity contribution is 6.18. The number of fused-ring (bicyclic) bond motifs is 5. The first kappa shape index (κ1) is 27.9. The van der Waals surface area contributed by atoms with Crippen LogP contribution in [0.4, 0.5) is 11.4 Å². The molecule has 2 aromatic heterocycles. The molecule has 0 amide bonds. The molecule has 2 aliphatic heterocycles. The molecule has 0 aliphatic carbocycles. The van der Waals surface area contributed by atoms with Gasteiger partial charge >= 0.3 is 0 Å². The molecule has 0 spiro atoms. The van der Waals surface area contributed by atoms with Gasteiger partial charge in [-0.05, 0) is 104 Å². The second-order valence-electron chi connectivity index (χ2n) is 11.3. The fourth-order valence-electron chi connectivity index (χ4n) is 6.40. The SMILES string of the molecule is Cc1cc(NCCCN2CCCC2)c2ccc3c(ccc4c(NCCCN5CCCC5)cc(C)nc43)c2n1.Cl. The monoisotopic (exact) mass is 546 g/mol. The van der Waals surface area contributed by atoms with Gasteiger partial charge in [-0.25, -0.2) is 0 Å². The second kappa shape index (κ2) is 12.7. The Balaban J connectivity index is 0.00000308. The van der Waals surface area contributed by atoms with Gasteiger partial charge < -0.3 is 20.4 Å². The van der Waals surface area contributed by atoms with Gasteiger partial charge in [0.05, 0.1) is 11.0 Å². The van der Waals surface area contributed by atoms with Crippen molar-refractivity contribution in [3.63, 3.8) is 0 Å². The van der Waals surface area contributed by atoms with E-state index < -0.39 is 0 Å². The maximum atomic E-state index is 5.01. The van der Waals surface area contributed by atoms with Crippen LogP contribution in [-0.4, -0.2) is 72.1 Å². The Morgan fingerprint density at radius 2 is 1.00 bits per heavy atom. The summed E-state index contributed by atoms with van der Waals surface area (Å²) in [6.07, 6.45) is 7.75. The van der Waals surface area contributed by atoms with E-state index in [4.69, 9.17) is 9.97 Å². The zero-order valence-corrected chi connectivity index (χ0v) is 24.4. The lowest BCUT2D eigenvalue weighted by molar-refractivity contribution is 0.337. The van der Waals surface area contributed by atoms with E-state index in [2.05, 4.69) is 70.7 Å². The van der Waals surface area contributed by atoms with Crippen molar-refractivity contribution in [3.05, 3.63) is 47.8 Å². The van der Waals surface area contributed by atoms with Crippen LogP contribution >= 0.6 is 12.4 Å². The Morgan fingerprint density at radius 1 is 0.615 bits per heavy atom. The van der Waals surface area contributed by atoms with Crippen molar-refractivity contribution in [1.82, 2.24) is 19.8 Å². The van der Waals surface area contributed by atoms with Gasteiger partial charge in [0, 0.05) is 57.4 Å². The fraction of sp³-hybridized carbons (Fsp3) is 0.500. The lowest BCUT2D eigenvalue weighted by Crippen LogP contribution is -2.22. The number of pyridine rings is 2. The Bertz CT molecular complexity index is 1320. The number of likely N-dealkylation sites (tertiary alicyclic amines) is 2. The van der Waals surface area contributed by atoms with Gasteiger partial charge in [-0.1, -0.05) is 24.3 Å². The van der Waals surface area contributed by atoms with Gasteiger partial charge in [0.2, 0.25) is 0 Å². The van der Waals surface area contributed by atoms with Crippen LogP contribution in [-0.2, 0) is 0 Å². The van der Waals surface area contributed by atoms with E-state index in [1.54, 1.807) is 0 Å². The lowest BCUT2D eigenvalue weighted by atomic mass is 10.0. The predicted octanol–water partition coefficient (Wildman–Crippen LogP) is 6.77. The molecule has 6 nitrogen and oxygen atoms in total. The van der Waals surface area contributed by atoms with E-state index in [9.17, 15) is 0 Å². The van der Waals surface area contributed by atoms with Gasteiger partial charge in [0.1, 0.15) is 0 Å². The van der Waals surface area contributed by atoms with Gasteiger partial charge in [-0.3, -0.25) is 9.97 Å². The van der Waals surface area contributed by atoms with Crippen molar-refractivity contribution in [2.24, 2.45) is 0 Å². The van der Waals surface area contributed by atoms with E-state index in [0.29, 0.717) is 0 Å². The summed E-state index contributed by atoms with van der Waals surface area (Å²) in [6, 6.07) is 13.3. The zero-order valence-electron chi connectivity index (χ0n) is 23.6. The maximum Gasteiger partial charge on any atom is 0.0805 e. The number of aryl methyl sites for hydroxylation is 2. The third-order valence-electron chi connectivity index (χ3n) is 8.34. The van der Waals surface area contributed by atoms with Gasteiger partial charge in [-0.2, -0.15) is 0 Å². The van der Waals surface area contributed by atoms with Crippen molar-refractivity contribution in [1.29, 1.82) is 0 Å². The molecule has 7 heteroatoms. The number of rotatable bonds is 10. The highest BCUT2D eigenvalue weighted by atomic mass is 35.5. The molecular formula is C32H43ClN6. The minimum atomic E-state index is 0. The number of hydrogen-bond acceptors (Lipinski definition) is 6. The molecule has 4 heterocycles. The summed E-state index contributed by atoms with van der Waals surface area (Å²) in [5.74, 6) is 0. The largest absolute Gasteiger partial charge is 0.384 e. The van der Waals surface area contributed by atoms with Crippen molar-refractivity contribution in [2.45, 2.75) is 52.4 Å². The molecule has 0 saturated carbocycles. The second-order valence-corrected chi connectivity index (χ2v) is 11.3. The van der Waals surface area contributed by atoms with Crippen molar-refractivity contribution in [2.75, 3.05) is 63.0 Å². The quantitative estimate of drug-likeness (QED) is 0.169. The molecule has 39 heavy (non-hydrogen) atoms. The highest BCUT2D eigenvalue weighted by Gasteiger charge is 2.15. The average molecular weight is 547 g/mol. The van der Waals surface area contributed by atoms with Gasteiger partial charge in [-0.15, -0.1) is 12.4 Å². The molecule has 0 bridgehead atoms. The molecule has 0 atom stereocenters. The normalized spacial score (nSPS) is 16.4. The standard InChI is InChI=1S/C32H42N6.ClH/c1-23-21-29(33-13-7-19-37-15-3-4-16-37)27-11-10-26-25(31(27)35-23)9-12-28-30(22-24(2)36-32(26)28)34-14-8-20-38-17-5-6-18-38;/h9-12,21-22H,3-8,13-20H2,1-2H3,(H,33,35)(H,34,36);1H. The van der Waals surface area contributed by atoms with Crippen LogP contribution < -0.4 is 10.6 Å². The summed E-state index contributed by atoms with van der Waals surface area (Å²) in [4.78, 5) is 15.2. The van der Waals surface area contributed by atoms with Crippen molar-refractivity contribution in [3.8, 4) is 0 Å². The zero-order chi connectivity index (χ0) is 25.9. The third kappa shape index (κ3) is 6.24. The van der Waals surface area contributed by atoms with Gasteiger partial charge in [0.15, 0.2) is 0 Å². The van der Waals surface area contributed by atoms with Crippen molar-refractivity contribution >= 4 is 56.4 Å². The number of halogens is 1. The van der Waals surface area contributed by atoms with Crippen molar-refractivity contribution < 1.29 is 0 Å². The summed E-state index contributed by atoms with van der Waals surface area (Å²) in [6.45, 7) is 13.6. The Hall–Kier alpha value is -2.67. The average Bonchev–Trinajstić information content (AvgIpc) is 3.63. The Morgan fingerprint density at radius 3 is 1.41 bits per heavy atom. The fourth-order valence-corrected chi connectivity index (χ4v) is 6.40. The van der Waals surface area contributed by atoms with E-state index in [1.807, 2.05) is 0 Å². The molecule has 0 radical (unpaired) electrons. The molecule has 2 aliphatic rings. The summed E-state index contributed by atoms with van der Waals surface area (Å²) < 4.78 is 0. The molecule has 6 rings (SSSR count). The Kier molecular flexibility index (Phi) is 9.06. The molecule has 208 valence electrons. The number of anilines is 2. The summed E-state index contributed by atoms with van der Waals surface area (Å²) in [7, 11) is 0. The van der Waals surface area contributed by atoms with Crippen LogP contribution in [0.2, 0.25) is 0 Å². The smallest absolute Gasteiger partial charge is 0.0805 e. The number of aromatic nitrogens is 2. The van der Waals surface area contributed by atoms with E-state index in [0.717, 1.165) is 48.4 Å². The first-order valence-corrected chi connectivity index (χ1v) is 14.7. The van der Waals surface area contributed by atoms with E-state index in [1.165, 1.54) is 97.9 Å². The van der Waals surface area contributed by atoms with Crippen LogP contribution in [0.1, 0.15) is 49.9 Å². The van der Waals surface area contributed by atoms with E-state index in [-0.39, 0.29) is 12.4 Å². The number of benzene rings is 2. The molecule has 2 N–H and O–H groups in total. The molecular weight excluding hydrogens is 504 g/mol. The van der Waals surface area contributed by atoms with Crippen LogP contribution in [0.5, 0.6) is 0 Å². The summed E-state index contributed by atoms with van der Waals surface area (Å²) in [5.41, 5.74) is 6.60. The summed E-state index contributed by atoms with van der Waals surface area (Å²) >= 11 is 0. The summed E-state index contributed by atoms with van der Waals surface area (Å²) in [5, 5.41) is 12.2. The first-order chi connectivity index (χ1) is 18.7. The van der Waals surface area contributed by atoms with Crippen LogP contribution in [0.25, 0.3) is 32.6 Å². The predicted molar refractivity (Wildman–Crippen MR) is 169 cm³/mol. The number of hydrogen-bond donors (Lipinski definition) is 2.